The van der Waals surface area contributed by atoms with E-state index in [0.29, 0.717) is 17.7 Å². The summed E-state index contributed by atoms with van der Waals surface area (Å²) in [7, 11) is -5.10. The number of amides is 1. The number of rotatable bonds is 7. The second kappa shape index (κ2) is 9.03. The van der Waals surface area contributed by atoms with Gasteiger partial charge in [-0.05, 0) is 52.5 Å². The Morgan fingerprint density at radius 3 is 2.66 bits per heavy atom. The third-order valence-electron chi connectivity index (χ3n) is 5.12. The van der Waals surface area contributed by atoms with E-state index in [9.17, 15) is 18.2 Å². The molecule has 164 valence electrons. The minimum absolute atomic E-state index is 0.0427. The van der Waals surface area contributed by atoms with Crippen molar-refractivity contribution in [3.63, 3.8) is 0 Å². The van der Waals surface area contributed by atoms with Crippen LogP contribution in [0.1, 0.15) is 16.7 Å². The van der Waals surface area contributed by atoms with Crippen LogP contribution >= 0.6 is 0 Å². The molecule has 3 aromatic carbocycles. The molecule has 1 aliphatic rings. The van der Waals surface area contributed by atoms with Gasteiger partial charge < -0.3 is 20.7 Å². The van der Waals surface area contributed by atoms with Gasteiger partial charge in [0.25, 0.3) is 10.0 Å². The fraction of sp³-hybridized carbons (Fsp3) is 0.136. The van der Waals surface area contributed by atoms with E-state index in [-0.39, 0.29) is 35.1 Å². The second-order valence-corrected chi connectivity index (χ2v) is 9.14. The van der Waals surface area contributed by atoms with Crippen molar-refractivity contribution in [2.24, 2.45) is 0 Å². The molecule has 5 N–H and O–H groups in total. The summed E-state index contributed by atoms with van der Waals surface area (Å²) in [4.78, 5) is 12.4. The zero-order valence-corrected chi connectivity index (χ0v) is 17.9. The van der Waals surface area contributed by atoms with E-state index in [4.69, 9.17) is 10.4 Å². The van der Waals surface area contributed by atoms with Gasteiger partial charge in [0.15, 0.2) is 0 Å². The minimum Gasteiger partial charge on any atom is -0.423 e. The van der Waals surface area contributed by atoms with E-state index in [2.05, 4.69) is 10.0 Å². The Hall–Kier alpha value is -3.34. The number of nitrogen functional groups attached to an aromatic ring is 1. The first-order chi connectivity index (χ1) is 15.3. The summed E-state index contributed by atoms with van der Waals surface area (Å²) in [5.74, 6) is -0.325. The average Bonchev–Trinajstić information content (AvgIpc) is 3.13. The maximum absolute atomic E-state index is 13.1. The summed E-state index contributed by atoms with van der Waals surface area (Å²) in [6, 6.07) is 18.6. The Morgan fingerprint density at radius 1 is 1.09 bits per heavy atom. The van der Waals surface area contributed by atoms with Crippen molar-refractivity contribution in [2.45, 2.75) is 24.5 Å². The van der Waals surface area contributed by atoms with Crippen molar-refractivity contribution in [1.29, 1.82) is 0 Å². The first-order valence-corrected chi connectivity index (χ1v) is 11.4. The lowest BCUT2D eigenvalue weighted by Gasteiger charge is -2.14. The second-order valence-electron chi connectivity index (χ2n) is 7.49. The Balaban J connectivity index is 1.53. The molecule has 0 atom stereocenters. The number of carbonyl (C=O) groups is 1. The van der Waals surface area contributed by atoms with Crippen molar-refractivity contribution < 1.29 is 22.9 Å². The van der Waals surface area contributed by atoms with Crippen LogP contribution in [0.15, 0.2) is 71.6 Å². The van der Waals surface area contributed by atoms with Gasteiger partial charge in [0, 0.05) is 17.9 Å². The predicted molar refractivity (Wildman–Crippen MR) is 122 cm³/mol. The predicted octanol–water partition coefficient (Wildman–Crippen LogP) is 1.15. The molecule has 32 heavy (non-hydrogen) atoms. The summed E-state index contributed by atoms with van der Waals surface area (Å²) in [5, 5.41) is 12.7. The lowest BCUT2D eigenvalue weighted by Crippen LogP contribution is -2.28. The third kappa shape index (κ3) is 4.93. The molecular formula is C22H22BN3O5S. The third-order valence-corrected chi connectivity index (χ3v) is 6.60. The molecule has 3 aromatic rings. The summed E-state index contributed by atoms with van der Waals surface area (Å²) in [6.07, 6.45) is -0.148. The van der Waals surface area contributed by atoms with Crippen LogP contribution in [0, 0.1) is 0 Å². The Bertz CT molecular complexity index is 1250. The zero-order valence-electron chi connectivity index (χ0n) is 17.1. The largest absolute Gasteiger partial charge is 0.491 e. The lowest BCUT2D eigenvalue weighted by atomic mass is 9.79. The Morgan fingerprint density at radius 2 is 1.88 bits per heavy atom. The van der Waals surface area contributed by atoms with Crippen LogP contribution in [0.2, 0.25) is 0 Å². The quantitative estimate of drug-likeness (QED) is 0.315. The van der Waals surface area contributed by atoms with Crippen LogP contribution in [0.3, 0.4) is 0 Å². The van der Waals surface area contributed by atoms with Crippen LogP contribution < -0.4 is 21.2 Å². The molecule has 0 bridgehead atoms. The number of nitrogens with one attached hydrogen (secondary N) is 2. The number of benzene rings is 3. The minimum atomic E-state index is -4.02. The molecule has 8 nitrogen and oxygen atoms in total. The summed E-state index contributed by atoms with van der Waals surface area (Å²) >= 11 is 0. The lowest BCUT2D eigenvalue weighted by molar-refractivity contribution is -0.120. The molecule has 0 saturated carbocycles. The van der Waals surface area contributed by atoms with Crippen molar-refractivity contribution in [1.82, 2.24) is 5.32 Å². The average molecular weight is 451 g/mol. The number of sulfonamides is 1. The van der Waals surface area contributed by atoms with E-state index in [1.165, 1.54) is 24.3 Å². The monoisotopic (exact) mass is 451 g/mol. The molecule has 0 aliphatic carbocycles. The number of hydrogen-bond donors (Lipinski definition) is 4. The molecule has 0 fully saturated rings. The first-order valence-electron chi connectivity index (χ1n) is 9.96. The molecule has 0 saturated heterocycles. The standard InChI is InChI=1S/C22H22BN3O5S/c24-18-7-9-21(17(10-18)11-22(27)25-13-15-4-2-1-3-5-15)32(29,30)26-19-8-6-16-14-31-23(28)20(16)12-19/h1-10,12,26,28H,11,13-14,24H2,(H,25,27). The normalized spacial score (nSPS) is 13.0. The highest BCUT2D eigenvalue weighted by Gasteiger charge is 2.28. The SMILES string of the molecule is Nc1ccc(S(=O)(=O)Nc2ccc3c(c2)B(O)OC3)c(CC(=O)NCc2ccccc2)c1. The van der Waals surface area contributed by atoms with Gasteiger partial charge in [0.1, 0.15) is 0 Å². The highest BCUT2D eigenvalue weighted by molar-refractivity contribution is 7.92. The van der Waals surface area contributed by atoms with Crippen LogP contribution in [0.5, 0.6) is 0 Å². The highest BCUT2D eigenvalue weighted by Crippen LogP contribution is 2.23. The van der Waals surface area contributed by atoms with Crippen molar-refractivity contribution in [2.75, 3.05) is 10.5 Å². The summed E-state index contributed by atoms with van der Waals surface area (Å²) < 4.78 is 33.9. The van der Waals surface area contributed by atoms with E-state index < -0.39 is 17.1 Å². The van der Waals surface area contributed by atoms with Gasteiger partial charge in [-0.1, -0.05) is 36.4 Å². The van der Waals surface area contributed by atoms with Gasteiger partial charge in [-0.15, -0.1) is 0 Å². The van der Waals surface area contributed by atoms with Gasteiger partial charge in [0.2, 0.25) is 5.91 Å². The van der Waals surface area contributed by atoms with E-state index in [1.54, 1.807) is 12.1 Å². The van der Waals surface area contributed by atoms with Crippen molar-refractivity contribution >= 4 is 39.9 Å². The number of carbonyl (C=O) groups excluding carboxylic acids is 1. The molecule has 1 amide bonds. The topological polar surface area (TPSA) is 131 Å². The van der Waals surface area contributed by atoms with Gasteiger partial charge in [0.05, 0.1) is 17.9 Å². The smallest absolute Gasteiger partial charge is 0.423 e. The van der Waals surface area contributed by atoms with Crippen LogP contribution in [0.4, 0.5) is 11.4 Å². The van der Waals surface area contributed by atoms with Crippen LogP contribution in [-0.2, 0) is 39.0 Å². The molecule has 0 unspecified atom stereocenters. The molecule has 10 heteroatoms. The number of fused-ring (bicyclic) bond motifs is 1. The molecule has 0 spiro atoms. The molecule has 0 aromatic heterocycles. The van der Waals surface area contributed by atoms with E-state index in [0.717, 1.165) is 11.1 Å². The number of hydrogen-bond acceptors (Lipinski definition) is 6. The van der Waals surface area contributed by atoms with E-state index >= 15 is 0 Å². The first kappa shape index (κ1) is 21.9. The molecule has 4 rings (SSSR count). The van der Waals surface area contributed by atoms with Crippen LogP contribution in [-0.4, -0.2) is 26.5 Å². The number of anilines is 2. The molecule has 1 heterocycles. The van der Waals surface area contributed by atoms with Gasteiger partial charge >= 0.3 is 7.12 Å². The summed E-state index contributed by atoms with van der Waals surface area (Å²) in [6.45, 7) is 0.603. The fourth-order valence-corrected chi connectivity index (χ4v) is 4.79. The van der Waals surface area contributed by atoms with Gasteiger partial charge in [-0.3, -0.25) is 9.52 Å². The maximum Gasteiger partial charge on any atom is 0.491 e. The van der Waals surface area contributed by atoms with Crippen molar-refractivity contribution in [3.05, 3.63) is 83.4 Å². The zero-order chi connectivity index (χ0) is 22.7. The Kier molecular flexibility index (Phi) is 6.18. The molecular weight excluding hydrogens is 429 g/mol. The van der Waals surface area contributed by atoms with E-state index in [1.807, 2.05) is 30.3 Å². The number of nitrogens with two attached hydrogens (primary N) is 1. The van der Waals surface area contributed by atoms with Gasteiger partial charge in [-0.25, -0.2) is 8.42 Å². The fourth-order valence-electron chi connectivity index (χ4n) is 3.52. The maximum atomic E-state index is 13.1. The Labute approximate surface area is 186 Å². The van der Waals surface area contributed by atoms with Gasteiger partial charge in [-0.2, -0.15) is 0 Å². The molecule has 0 radical (unpaired) electrons. The molecule has 1 aliphatic heterocycles. The van der Waals surface area contributed by atoms with Crippen molar-refractivity contribution in [3.8, 4) is 0 Å². The van der Waals surface area contributed by atoms with Crippen LogP contribution in [0.25, 0.3) is 0 Å². The highest BCUT2D eigenvalue weighted by atomic mass is 32.2. The summed E-state index contributed by atoms with van der Waals surface area (Å²) in [5.41, 5.74) is 9.02.